The lowest BCUT2D eigenvalue weighted by Crippen LogP contribution is -2.54. The minimum Gasteiger partial charge on any atom is -0.456 e. The lowest BCUT2D eigenvalue weighted by molar-refractivity contribution is -0.149. The Morgan fingerprint density at radius 1 is 1.00 bits per heavy atom. The van der Waals surface area contributed by atoms with Crippen molar-refractivity contribution in [3.8, 4) is 0 Å². The lowest BCUT2D eigenvalue weighted by atomic mass is 9.96. The Balaban J connectivity index is 1.10. The van der Waals surface area contributed by atoms with Crippen molar-refractivity contribution >= 4 is 41.1 Å². The number of rotatable bonds is 7. The zero-order valence-electron chi connectivity index (χ0n) is 27.2. The molecule has 1 atom stereocenters. The third kappa shape index (κ3) is 7.38. The van der Waals surface area contributed by atoms with E-state index in [1.807, 2.05) is 33.8 Å². The number of amidine groups is 1. The van der Waals surface area contributed by atoms with Crippen molar-refractivity contribution in [2.24, 2.45) is 10.9 Å². The predicted octanol–water partition coefficient (Wildman–Crippen LogP) is 2.75. The number of piperazine rings is 1. The number of nitrogens with zero attached hydrogens (tertiary/aromatic N) is 5. The zero-order chi connectivity index (χ0) is 33.2. The molecule has 3 fully saturated rings. The van der Waals surface area contributed by atoms with Gasteiger partial charge < -0.3 is 14.5 Å². The summed E-state index contributed by atoms with van der Waals surface area (Å²) < 4.78 is 5.43. The second-order valence-corrected chi connectivity index (χ2v) is 13.4. The summed E-state index contributed by atoms with van der Waals surface area (Å²) >= 11 is 0. The van der Waals surface area contributed by atoms with E-state index in [1.54, 1.807) is 12.1 Å². The third-order valence-electron chi connectivity index (χ3n) is 8.99. The Morgan fingerprint density at radius 3 is 2.30 bits per heavy atom. The van der Waals surface area contributed by atoms with Crippen molar-refractivity contribution in [2.45, 2.75) is 65.0 Å². The molecule has 3 saturated heterocycles. The maximum atomic E-state index is 13.2. The van der Waals surface area contributed by atoms with Gasteiger partial charge in [-0.05, 0) is 71.1 Å². The molecule has 12 nitrogen and oxygen atoms in total. The van der Waals surface area contributed by atoms with Gasteiger partial charge in [0.2, 0.25) is 11.8 Å². The number of amides is 4. The second-order valence-electron chi connectivity index (χ2n) is 13.4. The Labute approximate surface area is 270 Å². The Hall–Kier alpha value is -4.32. The summed E-state index contributed by atoms with van der Waals surface area (Å²) in [5.74, 6) is -0.958. The first kappa shape index (κ1) is 33.1. The Bertz CT molecular complexity index is 1480. The number of fused-ring (bicyclic) bond motifs is 1. The molecule has 0 aliphatic carbocycles. The van der Waals surface area contributed by atoms with Gasteiger partial charge in [-0.3, -0.25) is 34.3 Å². The minimum absolute atomic E-state index is 0.0954. The molecule has 4 amide bonds. The molecular weight excluding hydrogens is 588 g/mol. The number of ether oxygens (including phenoxy) is 1. The van der Waals surface area contributed by atoms with E-state index in [0.717, 1.165) is 75.1 Å². The molecule has 0 saturated carbocycles. The van der Waals surface area contributed by atoms with E-state index in [2.05, 4.69) is 31.6 Å². The van der Waals surface area contributed by atoms with Gasteiger partial charge in [0.05, 0.1) is 16.7 Å². The van der Waals surface area contributed by atoms with Crippen LogP contribution in [0.3, 0.4) is 0 Å². The molecule has 1 N–H and O–H groups in total. The van der Waals surface area contributed by atoms with Crippen LogP contribution in [0.4, 0.5) is 5.69 Å². The van der Waals surface area contributed by atoms with E-state index in [0.29, 0.717) is 22.6 Å². The van der Waals surface area contributed by atoms with E-state index in [4.69, 9.17) is 4.74 Å². The summed E-state index contributed by atoms with van der Waals surface area (Å²) in [6.07, 6.45) is 5.35. The van der Waals surface area contributed by atoms with Gasteiger partial charge in [-0.25, -0.2) is 9.79 Å². The molecule has 5 rings (SSSR count). The van der Waals surface area contributed by atoms with Crippen molar-refractivity contribution in [1.29, 1.82) is 0 Å². The highest BCUT2D eigenvalue weighted by atomic mass is 16.6. The molecule has 1 unspecified atom stereocenters. The summed E-state index contributed by atoms with van der Waals surface area (Å²) in [5.41, 5.74) is 1.23. The van der Waals surface area contributed by atoms with Crippen molar-refractivity contribution in [1.82, 2.24) is 20.0 Å². The van der Waals surface area contributed by atoms with Crippen LogP contribution in [0.25, 0.3) is 0 Å². The number of anilines is 1. The van der Waals surface area contributed by atoms with Gasteiger partial charge in [0, 0.05) is 64.1 Å². The highest BCUT2D eigenvalue weighted by Gasteiger charge is 2.44. The van der Waals surface area contributed by atoms with E-state index in [1.165, 1.54) is 12.3 Å². The van der Waals surface area contributed by atoms with Gasteiger partial charge in [-0.15, -0.1) is 0 Å². The van der Waals surface area contributed by atoms with Gasteiger partial charge in [-0.1, -0.05) is 12.7 Å². The number of hydrogen-bond donors (Lipinski definition) is 1. The molecular formula is C34H44N6O6. The highest BCUT2D eigenvalue weighted by Crippen LogP contribution is 2.31. The molecule has 12 heteroatoms. The van der Waals surface area contributed by atoms with Crippen LogP contribution in [-0.2, 0) is 19.1 Å². The lowest BCUT2D eigenvalue weighted by Gasteiger charge is -2.40. The number of carbonyl (C=O) groups excluding carboxylic acids is 5. The number of piperidine rings is 2. The summed E-state index contributed by atoms with van der Waals surface area (Å²) in [6, 6.07) is 4.34. The maximum Gasteiger partial charge on any atom is 0.340 e. The molecule has 0 aromatic heterocycles. The van der Waals surface area contributed by atoms with Gasteiger partial charge >= 0.3 is 5.97 Å². The number of imide groups is 2. The number of aliphatic imine (C=N–C) groups is 1. The number of hydrogen-bond acceptors (Lipinski definition) is 9. The number of nitrogens with one attached hydrogen (secondary N) is 1. The average molecular weight is 633 g/mol. The molecule has 1 aromatic rings. The van der Waals surface area contributed by atoms with E-state index in [-0.39, 0.29) is 12.8 Å². The quantitative estimate of drug-likeness (QED) is 0.120. The molecule has 4 heterocycles. The highest BCUT2D eigenvalue weighted by molar-refractivity contribution is 6.23. The van der Waals surface area contributed by atoms with Crippen molar-refractivity contribution in [3.63, 3.8) is 0 Å². The van der Waals surface area contributed by atoms with Crippen LogP contribution in [0.2, 0.25) is 0 Å². The molecule has 4 aliphatic heterocycles. The fourth-order valence-electron chi connectivity index (χ4n) is 6.42. The SMILES string of the molecule is C=C/C(=C\N=C(/C)N1CCC(CN2CCN(c3ccc4c(c3)C(=O)N(C3CCC(=O)NC3=O)C4=O)CC2)CC1)C(=O)OC(C)(C)C. The summed E-state index contributed by atoms with van der Waals surface area (Å²) in [5, 5.41) is 2.23. The van der Waals surface area contributed by atoms with Crippen LogP contribution in [0.5, 0.6) is 0 Å². The molecule has 1 aromatic carbocycles. The molecule has 246 valence electrons. The van der Waals surface area contributed by atoms with Crippen molar-refractivity contribution in [2.75, 3.05) is 50.7 Å². The smallest absolute Gasteiger partial charge is 0.340 e. The zero-order valence-corrected chi connectivity index (χ0v) is 27.2. The largest absolute Gasteiger partial charge is 0.456 e. The van der Waals surface area contributed by atoms with Gasteiger partial charge in [0.25, 0.3) is 11.8 Å². The Morgan fingerprint density at radius 2 is 1.67 bits per heavy atom. The minimum atomic E-state index is -0.966. The van der Waals surface area contributed by atoms with Crippen molar-refractivity contribution in [3.05, 3.63) is 53.8 Å². The van der Waals surface area contributed by atoms with Crippen LogP contribution in [-0.4, -0.2) is 108 Å². The van der Waals surface area contributed by atoms with Crippen LogP contribution < -0.4 is 10.2 Å². The first-order valence-electron chi connectivity index (χ1n) is 16.0. The topological polar surface area (TPSA) is 132 Å². The van der Waals surface area contributed by atoms with Crippen molar-refractivity contribution < 1.29 is 28.7 Å². The summed E-state index contributed by atoms with van der Waals surface area (Å²) in [7, 11) is 0. The summed E-state index contributed by atoms with van der Waals surface area (Å²) in [4.78, 5) is 75.1. The fourth-order valence-corrected chi connectivity index (χ4v) is 6.42. The summed E-state index contributed by atoms with van der Waals surface area (Å²) in [6.45, 7) is 17.4. The molecule has 4 aliphatic rings. The second kappa shape index (κ2) is 13.6. The fraction of sp³-hybridized carbons (Fsp3) is 0.529. The maximum absolute atomic E-state index is 13.2. The first-order valence-corrected chi connectivity index (χ1v) is 16.0. The molecule has 0 radical (unpaired) electrons. The monoisotopic (exact) mass is 632 g/mol. The predicted molar refractivity (Wildman–Crippen MR) is 173 cm³/mol. The van der Waals surface area contributed by atoms with Gasteiger partial charge in [0.15, 0.2) is 0 Å². The van der Waals surface area contributed by atoms with Gasteiger partial charge in [-0.2, -0.15) is 0 Å². The number of carbonyl (C=O) groups is 5. The first-order chi connectivity index (χ1) is 21.8. The third-order valence-corrected chi connectivity index (χ3v) is 8.99. The van der Waals surface area contributed by atoms with Crippen LogP contribution in [0, 0.1) is 5.92 Å². The van der Waals surface area contributed by atoms with Crippen LogP contribution in [0.15, 0.2) is 47.6 Å². The molecule has 0 spiro atoms. The van der Waals surface area contributed by atoms with E-state index < -0.39 is 41.2 Å². The molecule has 46 heavy (non-hydrogen) atoms. The number of likely N-dealkylation sites (tertiary alicyclic amines) is 1. The van der Waals surface area contributed by atoms with E-state index >= 15 is 0 Å². The van der Waals surface area contributed by atoms with Crippen LogP contribution in [0.1, 0.15) is 74.1 Å². The molecule has 0 bridgehead atoms. The average Bonchev–Trinajstić information content (AvgIpc) is 3.26. The number of esters is 1. The van der Waals surface area contributed by atoms with Gasteiger partial charge in [0.1, 0.15) is 17.5 Å². The number of benzene rings is 1. The standard InChI is InChI=1S/C34H44N6O6/c1-6-24(33(45)46-34(3,4)5)20-35-22(2)38-13-11-23(12-14-38)21-37-15-17-39(18-16-37)25-7-8-26-27(19-25)32(44)40(31(26)43)28-9-10-29(41)36-30(28)42/h6-8,19-20,23,28H,1,9-18,21H2,2-5H3,(H,36,41,42)/b24-20+,35-22+. The Kier molecular flexibility index (Phi) is 9.76. The van der Waals surface area contributed by atoms with E-state index in [9.17, 15) is 24.0 Å². The normalized spacial score (nSPS) is 22.3. The van der Waals surface area contributed by atoms with Crippen LogP contribution >= 0.6 is 0 Å².